The van der Waals surface area contributed by atoms with Crippen LogP contribution in [0.3, 0.4) is 0 Å². The van der Waals surface area contributed by atoms with Crippen molar-refractivity contribution in [1.82, 2.24) is 9.55 Å². The minimum atomic E-state index is 0.889. The molecular weight excluding hydrogens is 252 g/mol. The molecule has 2 nitrogen and oxygen atoms in total. The molecule has 1 aliphatic rings. The molecule has 1 aliphatic carbocycles. The van der Waals surface area contributed by atoms with Crippen molar-refractivity contribution < 1.29 is 0 Å². The summed E-state index contributed by atoms with van der Waals surface area (Å²) in [5.41, 5.74) is 2.37. The molecule has 1 aromatic heterocycles. The Labute approximate surface area is 97.4 Å². The highest BCUT2D eigenvalue weighted by atomic mass is 79.9. The standard InChI is InChI=1S/C12H13BrN2/c1-8-14-11-5-4-10(13)6-12(11)15(8)7-9-2-3-9/h4-6,9H,2-3,7H2,1H3. The molecule has 0 atom stereocenters. The normalized spacial score (nSPS) is 16.1. The van der Waals surface area contributed by atoms with Crippen molar-refractivity contribution >= 4 is 27.0 Å². The summed E-state index contributed by atoms with van der Waals surface area (Å²) in [7, 11) is 0. The topological polar surface area (TPSA) is 17.8 Å². The molecule has 0 bridgehead atoms. The highest BCUT2D eigenvalue weighted by Gasteiger charge is 2.23. The van der Waals surface area contributed by atoms with E-state index >= 15 is 0 Å². The van der Waals surface area contributed by atoms with Crippen LogP contribution in [-0.2, 0) is 6.54 Å². The molecular formula is C12H13BrN2. The number of rotatable bonds is 2. The van der Waals surface area contributed by atoms with Crippen molar-refractivity contribution in [1.29, 1.82) is 0 Å². The van der Waals surface area contributed by atoms with E-state index in [0.29, 0.717) is 0 Å². The molecule has 0 aliphatic heterocycles. The highest BCUT2D eigenvalue weighted by Crippen LogP contribution is 2.32. The maximum atomic E-state index is 4.58. The molecule has 0 N–H and O–H groups in total. The molecule has 0 radical (unpaired) electrons. The first-order valence-corrected chi connectivity index (χ1v) is 6.16. The van der Waals surface area contributed by atoms with Gasteiger partial charge in [-0.2, -0.15) is 0 Å². The van der Waals surface area contributed by atoms with Gasteiger partial charge in [0, 0.05) is 11.0 Å². The van der Waals surface area contributed by atoms with Gasteiger partial charge in [-0.3, -0.25) is 0 Å². The van der Waals surface area contributed by atoms with Gasteiger partial charge in [0.15, 0.2) is 0 Å². The largest absolute Gasteiger partial charge is 0.328 e. The van der Waals surface area contributed by atoms with Crippen LogP contribution >= 0.6 is 15.9 Å². The van der Waals surface area contributed by atoms with Gasteiger partial charge in [0.05, 0.1) is 11.0 Å². The molecule has 0 amide bonds. The molecule has 3 heteroatoms. The van der Waals surface area contributed by atoms with Crippen LogP contribution in [0.1, 0.15) is 18.7 Å². The minimum absolute atomic E-state index is 0.889. The third-order valence-corrected chi connectivity index (χ3v) is 3.53. The van der Waals surface area contributed by atoms with E-state index in [1.54, 1.807) is 0 Å². The zero-order chi connectivity index (χ0) is 10.4. The van der Waals surface area contributed by atoms with Gasteiger partial charge in [0.2, 0.25) is 0 Å². The van der Waals surface area contributed by atoms with Crippen molar-refractivity contribution in [3.8, 4) is 0 Å². The van der Waals surface area contributed by atoms with Gasteiger partial charge in [0.25, 0.3) is 0 Å². The zero-order valence-corrected chi connectivity index (χ0v) is 10.3. The SMILES string of the molecule is Cc1nc2ccc(Br)cc2n1CC1CC1. The number of hydrogen-bond donors (Lipinski definition) is 0. The third-order valence-electron chi connectivity index (χ3n) is 3.04. The molecule has 0 spiro atoms. The second-order valence-corrected chi connectivity index (χ2v) is 5.26. The number of nitrogens with zero attached hydrogens (tertiary/aromatic N) is 2. The first-order chi connectivity index (χ1) is 7.24. The molecule has 0 unspecified atom stereocenters. The van der Waals surface area contributed by atoms with E-state index in [9.17, 15) is 0 Å². The molecule has 1 aromatic carbocycles. The van der Waals surface area contributed by atoms with Gasteiger partial charge in [-0.15, -0.1) is 0 Å². The fourth-order valence-corrected chi connectivity index (χ4v) is 2.35. The summed E-state index contributed by atoms with van der Waals surface area (Å²) in [5, 5.41) is 0. The van der Waals surface area contributed by atoms with Crippen LogP contribution in [0.5, 0.6) is 0 Å². The average molecular weight is 265 g/mol. The van der Waals surface area contributed by atoms with Crippen LogP contribution in [-0.4, -0.2) is 9.55 Å². The van der Waals surface area contributed by atoms with E-state index < -0.39 is 0 Å². The van der Waals surface area contributed by atoms with E-state index in [4.69, 9.17) is 0 Å². The van der Waals surface area contributed by atoms with E-state index in [2.05, 4.69) is 50.6 Å². The van der Waals surface area contributed by atoms with E-state index in [-0.39, 0.29) is 0 Å². The average Bonchev–Trinajstić information content (AvgIpc) is 2.96. The minimum Gasteiger partial charge on any atom is -0.328 e. The molecule has 1 fully saturated rings. The van der Waals surface area contributed by atoms with Crippen LogP contribution in [0.25, 0.3) is 11.0 Å². The highest BCUT2D eigenvalue weighted by molar-refractivity contribution is 9.10. The summed E-state index contributed by atoms with van der Waals surface area (Å²) in [6.45, 7) is 3.23. The molecule has 78 valence electrons. The smallest absolute Gasteiger partial charge is 0.106 e. The van der Waals surface area contributed by atoms with Crippen LogP contribution in [0, 0.1) is 12.8 Å². The first-order valence-electron chi connectivity index (χ1n) is 5.36. The first kappa shape index (κ1) is 9.40. The number of hydrogen-bond acceptors (Lipinski definition) is 1. The molecule has 1 heterocycles. The zero-order valence-electron chi connectivity index (χ0n) is 8.70. The Kier molecular flexibility index (Phi) is 2.09. The van der Waals surface area contributed by atoms with Gasteiger partial charge >= 0.3 is 0 Å². The van der Waals surface area contributed by atoms with Gasteiger partial charge in [-0.25, -0.2) is 4.98 Å². The Hall–Kier alpha value is -0.830. The molecule has 3 rings (SSSR count). The van der Waals surface area contributed by atoms with Gasteiger partial charge in [0.1, 0.15) is 5.82 Å². The maximum Gasteiger partial charge on any atom is 0.106 e. The van der Waals surface area contributed by atoms with E-state index in [0.717, 1.165) is 28.3 Å². The predicted molar refractivity (Wildman–Crippen MR) is 64.9 cm³/mol. The predicted octanol–water partition coefficient (Wildman–Crippen LogP) is 3.52. The lowest BCUT2D eigenvalue weighted by atomic mass is 10.3. The Morgan fingerprint density at radius 1 is 1.47 bits per heavy atom. The van der Waals surface area contributed by atoms with Gasteiger partial charge < -0.3 is 4.57 Å². The van der Waals surface area contributed by atoms with Crippen molar-refractivity contribution in [3.05, 3.63) is 28.5 Å². The van der Waals surface area contributed by atoms with Gasteiger partial charge in [-0.05, 0) is 43.9 Å². The van der Waals surface area contributed by atoms with Crippen molar-refractivity contribution in [2.24, 2.45) is 5.92 Å². The van der Waals surface area contributed by atoms with Crippen LogP contribution in [0.4, 0.5) is 0 Å². The number of halogens is 1. The summed E-state index contributed by atoms with van der Waals surface area (Å²) in [4.78, 5) is 4.58. The fraction of sp³-hybridized carbons (Fsp3) is 0.417. The van der Waals surface area contributed by atoms with Crippen molar-refractivity contribution in [2.45, 2.75) is 26.3 Å². The molecule has 15 heavy (non-hydrogen) atoms. The third kappa shape index (κ3) is 1.69. The number of aryl methyl sites for hydroxylation is 1. The number of benzene rings is 1. The van der Waals surface area contributed by atoms with Crippen LogP contribution < -0.4 is 0 Å². The van der Waals surface area contributed by atoms with Crippen LogP contribution in [0.2, 0.25) is 0 Å². The maximum absolute atomic E-state index is 4.58. The second kappa shape index (κ2) is 3.34. The number of aromatic nitrogens is 2. The Bertz CT molecular complexity index is 512. The summed E-state index contributed by atoms with van der Waals surface area (Å²) < 4.78 is 3.48. The number of imidazole rings is 1. The Morgan fingerprint density at radius 3 is 3.00 bits per heavy atom. The summed E-state index contributed by atoms with van der Waals surface area (Å²) in [6, 6.07) is 6.30. The van der Waals surface area contributed by atoms with E-state index in [1.807, 2.05) is 0 Å². The van der Waals surface area contributed by atoms with Crippen LogP contribution in [0.15, 0.2) is 22.7 Å². The lowest BCUT2D eigenvalue weighted by molar-refractivity contribution is 0.626. The monoisotopic (exact) mass is 264 g/mol. The molecule has 2 aromatic rings. The fourth-order valence-electron chi connectivity index (χ4n) is 2.01. The molecule has 1 saturated carbocycles. The molecule has 0 saturated heterocycles. The van der Waals surface area contributed by atoms with E-state index in [1.165, 1.54) is 18.4 Å². The van der Waals surface area contributed by atoms with Crippen molar-refractivity contribution in [2.75, 3.05) is 0 Å². The lowest BCUT2D eigenvalue weighted by Gasteiger charge is -2.05. The van der Waals surface area contributed by atoms with Gasteiger partial charge in [-0.1, -0.05) is 15.9 Å². The quantitative estimate of drug-likeness (QED) is 0.812. The second-order valence-electron chi connectivity index (χ2n) is 4.35. The van der Waals surface area contributed by atoms with Crippen molar-refractivity contribution in [3.63, 3.8) is 0 Å². The summed E-state index contributed by atoms with van der Waals surface area (Å²) >= 11 is 3.52. The Balaban J connectivity index is 2.15. The summed E-state index contributed by atoms with van der Waals surface area (Å²) in [6.07, 6.45) is 2.76. The summed E-state index contributed by atoms with van der Waals surface area (Å²) in [5.74, 6) is 2.02. The Morgan fingerprint density at radius 2 is 2.27 bits per heavy atom. The number of fused-ring (bicyclic) bond motifs is 1. The lowest BCUT2D eigenvalue weighted by Crippen LogP contribution is -2.01.